The smallest absolute Gasteiger partial charge is 0.130 e. The molecular formula is C29H35IN2O2Si. The summed E-state index contributed by atoms with van der Waals surface area (Å²) in [4.78, 5) is 2.21. The summed E-state index contributed by atoms with van der Waals surface area (Å²) in [6.45, 7) is 2.55. The number of benzene rings is 3. The van der Waals surface area contributed by atoms with Crippen molar-refractivity contribution in [2.75, 3.05) is 44.7 Å². The van der Waals surface area contributed by atoms with Crippen molar-refractivity contribution in [2.45, 2.75) is 19.0 Å². The van der Waals surface area contributed by atoms with Gasteiger partial charge in [-0.05, 0) is 67.5 Å². The highest BCUT2D eigenvalue weighted by molar-refractivity contribution is 14.1. The van der Waals surface area contributed by atoms with Crippen molar-refractivity contribution < 1.29 is 9.47 Å². The monoisotopic (exact) mass is 598 g/mol. The summed E-state index contributed by atoms with van der Waals surface area (Å²) in [7, 11) is 7.63. The lowest BCUT2D eigenvalue weighted by Crippen LogP contribution is -2.65. The predicted molar refractivity (Wildman–Crippen MR) is 160 cm³/mol. The molecule has 0 aromatic heterocycles. The van der Waals surface area contributed by atoms with E-state index in [1.54, 1.807) is 14.2 Å². The van der Waals surface area contributed by atoms with E-state index in [0.29, 0.717) is 0 Å². The summed E-state index contributed by atoms with van der Waals surface area (Å²) in [5, 5.41) is 8.70. The van der Waals surface area contributed by atoms with Gasteiger partial charge in [-0.15, -0.1) is 0 Å². The normalized spacial score (nSPS) is 17.0. The molecule has 1 unspecified atom stereocenters. The fourth-order valence-corrected chi connectivity index (χ4v) is 10.7. The van der Waals surface area contributed by atoms with Gasteiger partial charge < -0.3 is 19.7 Å². The molecular weight excluding hydrogens is 563 g/mol. The minimum atomic E-state index is -2.05. The molecule has 1 N–H and O–H groups in total. The summed E-state index contributed by atoms with van der Waals surface area (Å²) >= 11 is 2.52. The largest absolute Gasteiger partial charge is 0.496 e. The summed E-state index contributed by atoms with van der Waals surface area (Å²) in [6.07, 6.45) is 3.30. The minimum absolute atomic E-state index is 0.830. The van der Waals surface area contributed by atoms with Crippen LogP contribution in [0.5, 0.6) is 11.5 Å². The molecule has 6 heteroatoms. The van der Waals surface area contributed by atoms with Gasteiger partial charge in [0.25, 0.3) is 0 Å². The van der Waals surface area contributed by atoms with Crippen LogP contribution in [0.3, 0.4) is 0 Å². The van der Waals surface area contributed by atoms with Gasteiger partial charge in [0.15, 0.2) is 0 Å². The molecule has 1 heterocycles. The summed E-state index contributed by atoms with van der Waals surface area (Å²) < 4.78 is 13.0. The first kappa shape index (κ1) is 25.6. The average Bonchev–Trinajstić information content (AvgIpc) is 2.87. The minimum Gasteiger partial charge on any atom is -0.496 e. The van der Waals surface area contributed by atoms with Gasteiger partial charge in [0.05, 0.1) is 19.8 Å². The first-order chi connectivity index (χ1) is 16.9. The molecule has 1 aliphatic heterocycles. The molecule has 0 aliphatic carbocycles. The van der Waals surface area contributed by atoms with Gasteiger partial charge in [0, 0.05) is 38.6 Å². The third kappa shape index (κ3) is 4.58. The highest BCUT2D eigenvalue weighted by atomic mass is 127. The third-order valence-electron chi connectivity index (χ3n) is 7.09. The number of hydrogen-bond donors (Lipinski definition) is 1. The fourth-order valence-electron chi connectivity index (χ4n) is 5.32. The summed E-state index contributed by atoms with van der Waals surface area (Å²) in [5.74, 6) is 1.66. The first-order valence-electron chi connectivity index (χ1n) is 12.0. The maximum Gasteiger partial charge on any atom is 0.130 e. The van der Waals surface area contributed by atoms with E-state index in [0.717, 1.165) is 21.5 Å². The zero-order valence-corrected chi connectivity index (χ0v) is 24.7. The van der Waals surface area contributed by atoms with Crippen LogP contribution in [0.4, 0.5) is 5.69 Å². The van der Waals surface area contributed by atoms with E-state index in [1.807, 2.05) is 25.2 Å². The molecule has 4 rings (SSSR count). The molecule has 3 aromatic carbocycles. The first-order valence-corrected chi connectivity index (χ1v) is 16.2. The summed E-state index contributed by atoms with van der Waals surface area (Å²) in [6, 6.07) is 21.2. The van der Waals surface area contributed by atoms with Crippen LogP contribution in [-0.2, 0) is 0 Å². The molecule has 0 bridgehead atoms. The Morgan fingerprint density at radius 1 is 0.971 bits per heavy atom. The molecule has 0 amide bonds. The Hall–Kier alpha value is -2.45. The highest BCUT2D eigenvalue weighted by Gasteiger charge is 2.39. The van der Waals surface area contributed by atoms with Crippen molar-refractivity contribution in [1.29, 1.82) is 0 Å². The topological polar surface area (TPSA) is 33.7 Å². The molecule has 0 saturated heterocycles. The van der Waals surface area contributed by atoms with Gasteiger partial charge in [0.1, 0.15) is 19.6 Å². The maximum atomic E-state index is 5.90. The number of methoxy groups -OCH3 is 2. The van der Waals surface area contributed by atoms with Crippen LogP contribution in [0.1, 0.15) is 17.5 Å². The number of rotatable bonds is 8. The van der Waals surface area contributed by atoms with Crippen LogP contribution >= 0.6 is 22.6 Å². The Kier molecular flexibility index (Phi) is 7.81. The number of nitrogens with zero attached hydrogens (tertiary/aromatic N) is 1. The van der Waals surface area contributed by atoms with Crippen molar-refractivity contribution in [2.24, 2.45) is 0 Å². The Labute approximate surface area is 223 Å². The standard InChI is InChI=1S/C29H35IN2O2Si/c1-31-19-20-11-13-22-26(17-20)35(6,16-8-15-30)27-18-21(32(2)3)12-14-23(27)28(22)29-24(33-4)9-7-10-25(29)34-5/h7,9-14,17-19,31H,8,15-16H2,1-6H3. The molecule has 0 saturated carbocycles. The van der Waals surface area contributed by atoms with Gasteiger partial charge >= 0.3 is 0 Å². The van der Waals surface area contributed by atoms with E-state index in [4.69, 9.17) is 9.47 Å². The Bertz CT molecular complexity index is 1330. The van der Waals surface area contributed by atoms with Crippen LogP contribution in [0.25, 0.3) is 11.8 Å². The fraction of sp³-hybridized carbons (Fsp3) is 0.310. The van der Waals surface area contributed by atoms with E-state index >= 15 is 0 Å². The molecule has 35 heavy (non-hydrogen) atoms. The number of hydrogen-bond acceptors (Lipinski definition) is 4. The predicted octanol–water partition coefficient (Wildman–Crippen LogP) is 3.31. The quantitative estimate of drug-likeness (QED) is 0.245. The average molecular weight is 599 g/mol. The van der Waals surface area contributed by atoms with Gasteiger partial charge in [-0.3, -0.25) is 0 Å². The van der Waals surface area contributed by atoms with E-state index in [9.17, 15) is 0 Å². The number of anilines is 1. The number of alkyl halides is 1. The van der Waals surface area contributed by atoms with Crippen molar-refractivity contribution >= 4 is 58.5 Å². The van der Waals surface area contributed by atoms with Crippen LogP contribution in [0.15, 0.2) is 54.6 Å². The lowest BCUT2D eigenvalue weighted by atomic mass is 9.92. The zero-order valence-electron chi connectivity index (χ0n) is 21.5. The second-order valence-electron chi connectivity index (χ2n) is 9.40. The molecule has 3 aromatic rings. The van der Waals surface area contributed by atoms with E-state index in [-0.39, 0.29) is 0 Å². The molecule has 1 aliphatic rings. The van der Waals surface area contributed by atoms with E-state index in [2.05, 4.69) is 96.0 Å². The Morgan fingerprint density at radius 3 is 2.29 bits per heavy atom. The van der Waals surface area contributed by atoms with Crippen molar-refractivity contribution in [3.63, 3.8) is 0 Å². The Balaban J connectivity index is 2.22. The Morgan fingerprint density at radius 2 is 1.69 bits per heavy atom. The number of fused-ring (bicyclic) bond motifs is 2. The van der Waals surface area contributed by atoms with E-state index in [1.165, 1.54) is 50.1 Å². The van der Waals surface area contributed by atoms with Gasteiger partial charge in [-0.2, -0.15) is 0 Å². The van der Waals surface area contributed by atoms with Crippen molar-refractivity contribution in [1.82, 2.24) is 5.32 Å². The van der Waals surface area contributed by atoms with Gasteiger partial charge in [-0.25, -0.2) is 0 Å². The third-order valence-corrected chi connectivity index (χ3v) is 12.4. The van der Waals surface area contributed by atoms with Crippen LogP contribution in [-0.4, -0.2) is 47.9 Å². The number of halogens is 1. The molecule has 0 fully saturated rings. The zero-order chi connectivity index (χ0) is 25.2. The maximum absolute atomic E-state index is 5.90. The molecule has 4 nitrogen and oxygen atoms in total. The molecule has 1 atom stereocenters. The summed E-state index contributed by atoms with van der Waals surface area (Å²) in [5.41, 5.74) is 4.77. The van der Waals surface area contributed by atoms with E-state index < -0.39 is 8.07 Å². The lowest BCUT2D eigenvalue weighted by molar-refractivity contribution is 0.392. The van der Waals surface area contributed by atoms with Gasteiger partial charge in [0.2, 0.25) is 0 Å². The SMILES string of the molecule is CNC=c1ccc2c(c1)[Si](C)(CCCI)c1cc(N(C)C)ccc1C=2c1c(OC)cccc1OC. The molecule has 0 spiro atoms. The van der Waals surface area contributed by atoms with Crippen molar-refractivity contribution in [3.05, 3.63) is 76.2 Å². The number of nitrogens with one attached hydrogen (secondary N) is 1. The molecule has 184 valence electrons. The highest BCUT2D eigenvalue weighted by Crippen LogP contribution is 2.38. The van der Waals surface area contributed by atoms with Crippen LogP contribution in [0, 0.1) is 0 Å². The second kappa shape index (κ2) is 10.7. The number of ether oxygens (including phenoxy) is 2. The molecule has 0 radical (unpaired) electrons. The van der Waals surface area contributed by atoms with Crippen molar-refractivity contribution in [3.8, 4) is 11.5 Å². The van der Waals surface area contributed by atoms with Crippen LogP contribution in [0.2, 0.25) is 12.6 Å². The lowest BCUT2D eigenvalue weighted by Gasteiger charge is -2.37. The second-order valence-corrected chi connectivity index (χ2v) is 14.7. The van der Waals surface area contributed by atoms with Crippen LogP contribution < -0.4 is 40.5 Å². The van der Waals surface area contributed by atoms with Gasteiger partial charge in [-0.1, -0.05) is 59.5 Å².